The van der Waals surface area contributed by atoms with Gasteiger partial charge in [-0.2, -0.15) is 0 Å². The second-order valence-corrected chi connectivity index (χ2v) is 5.23. The van der Waals surface area contributed by atoms with Crippen molar-refractivity contribution in [2.75, 3.05) is 12.3 Å². The minimum absolute atomic E-state index is 0. The number of rotatable bonds is 3. The SMILES string of the molecule is CC[C@@H]1CCCN1Cc1cc(N)ncc1Br.Cl.Cl. The summed E-state index contributed by atoms with van der Waals surface area (Å²) < 4.78 is 1.06. The van der Waals surface area contributed by atoms with E-state index in [2.05, 4.69) is 32.7 Å². The lowest BCUT2D eigenvalue weighted by Gasteiger charge is -2.23. The van der Waals surface area contributed by atoms with E-state index in [1.807, 2.05) is 6.07 Å². The van der Waals surface area contributed by atoms with Gasteiger partial charge in [-0.3, -0.25) is 4.90 Å². The topological polar surface area (TPSA) is 42.1 Å². The monoisotopic (exact) mass is 355 g/mol. The average molecular weight is 357 g/mol. The Morgan fingerprint density at radius 2 is 2.22 bits per heavy atom. The first-order valence-electron chi connectivity index (χ1n) is 5.84. The summed E-state index contributed by atoms with van der Waals surface area (Å²) in [5.74, 6) is 0.602. The van der Waals surface area contributed by atoms with Gasteiger partial charge in [0.15, 0.2) is 0 Å². The Labute approximate surface area is 129 Å². The van der Waals surface area contributed by atoms with Crippen LogP contribution in [0.2, 0.25) is 0 Å². The van der Waals surface area contributed by atoms with Crippen LogP contribution in [0.15, 0.2) is 16.7 Å². The minimum Gasteiger partial charge on any atom is -0.384 e. The maximum atomic E-state index is 5.72. The fourth-order valence-corrected chi connectivity index (χ4v) is 2.75. The second kappa shape index (κ2) is 8.20. The summed E-state index contributed by atoms with van der Waals surface area (Å²) in [7, 11) is 0. The maximum absolute atomic E-state index is 5.72. The Bertz CT molecular complexity index is 376. The number of likely N-dealkylation sites (tertiary alicyclic amines) is 1. The van der Waals surface area contributed by atoms with Gasteiger partial charge in [0.1, 0.15) is 5.82 Å². The Hall–Kier alpha value is -0.0300. The van der Waals surface area contributed by atoms with Crippen LogP contribution in [-0.4, -0.2) is 22.5 Å². The summed E-state index contributed by atoms with van der Waals surface area (Å²) in [6.45, 7) is 4.44. The number of halogens is 3. The van der Waals surface area contributed by atoms with E-state index in [1.165, 1.54) is 31.4 Å². The van der Waals surface area contributed by atoms with Crippen molar-refractivity contribution in [3.8, 4) is 0 Å². The molecule has 2 rings (SSSR count). The van der Waals surface area contributed by atoms with Crippen LogP contribution in [0, 0.1) is 0 Å². The highest BCUT2D eigenvalue weighted by Gasteiger charge is 2.23. The number of nitrogens with two attached hydrogens (primary N) is 1. The molecule has 1 fully saturated rings. The molecule has 6 heteroatoms. The van der Waals surface area contributed by atoms with Crippen molar-refractivity contribution < 1.29 is 0 Å². The predicted octanol–water partition coefficient (Wildman–Crippen LogP) is 3.64. The number of nitrogens with zero attached hydrogens (tertiary/aromatic N) is 2. The van der Waals surface area contributed by atoms with Gasteiger partial charge in [0, 0.05) is 23.3 Å². The van der Waals surface area contributed by atoms with E-state index >= 15 is 0 Å². The molecule has 1 saturated heterocycles. The second-order valence-electron chi connectivity index (χ2n) is 4.38. The van der Waals surface area contributed by atoms with Crippen LogP contribution in [0.5, 0.6) is 0 Å². The van der Waals surface area contributed by atoms with Gasteiger partial charge in [-0.15, -0.1) is 24.8 Å². The molecule has 0 radical (unpaired) electrons. The average Bonchev–Trinajstić information content (AvgIpc) is 2.71. The summed E-state index contributed by atoms with van der Waals surface area (Å²) in [4.78, 5) is 6.61. The van der Waals surface area contributed by atoms with Crippen LogP contribution >= 0.6 is 40.7 Å². The molecule has 0 aliphatic carbocycles. The highest BCUT2D eigenvalue weighted by Crippen LogP contribution is 2.25. The van der Waals surface area contributed by atoms with Crippen molar-refractivity contribution in [2.45, 2.75) is 38.8 Å². The number of pyridine rings is 1. The van der Waals surface area contributed by atoms with E-state index in [0.29, 0.717) is 5.82 Å². The van der Waals surface area contributed by atoms with E-state index in [4.69, 9.17) is 5.73 Å². The Balaban J connectivity index is 0.00000144. The molecule has 104 valence electrons. The predicted molar refractivity (Wildman–Crippen MR) is 84.6 cm³/mol. The van der Waals surface area contributed by atoms with Gasteiger partial charge in [0.2, 0.25) is 0 Å². The molecule has 1 aromatic rings. The molecule has 3 nitrogen and oxygen atoms in total. The fourth-order valence-electron chi connectivity index (χ4n) is 2.40. The van der Waals surface area contributed by atoms with E-state index in [1.54, 1.807) is 6.20 Å². The third-order valence-corrected chi connectivity index (χ3v) is 4.01. The maximum Gasteiger partial charge on any atom is 0.123 e. The standard InChI is InChI=1S/C12H18BrN3.2ClH/c1-2-10-4-3-5-16(10)8-9-6-12(14)15-7-11(9)13;;/h6-7,10H,2-5,8H2,1H3,(H2,14,15);2*1H/t10-;;/m1../s1. The third-order valence-electron chi connectivity index (χ3n) is 3.30. The summed E-state index contributed by atoms with van der Waals surface area (Å²) in [6.07, 6.45) is 5.67. The van der Waals surface area contributed by atoms with Crippen molar-refractivity contribution in [3.05, 3.63) is 22.3 Å². The smallest absolute Gasteiger partial charge is 0.123 e. The first-order valence-corrected chi connectivity index (χ1v) is 6.64. The van der Waals surface area contributed by atoms with E-state index in [-0.39, 0.29) is 24.8 Å². The van der Waals surface area contributed by atoms with Gasteiger partial charge in [0.25, 0.3) is 0 Å². The van der Waals surface area contributed by atoms with Gasteiger partial charge in [-0.25, -0.2) is 4.98 Å². The van der Waals surface area contributed by atoms with Crippen LogP contribution in [0.25, 0.3) is 0 Å². The lowest BCUT2D eigenvalue weighted by atomic mass is 10.1. The van der Waals surface area contributed by atoms with E-state index in [9.17, 15) is 0 Å². The van der Waals surface area contributed by atoms with Gasteiger partial charge in [-0.05, 0) is 53.4 Å². The summed E-state index contributed by atoms with van der Waals surface area (Å²) >= 11 is 3.53. The first-order chi connectivity index (χ1) is 7.70. The highest BCUT2D eigenvalue weighted by molar-refractivity contribution is 9.10. The largest absolute Gasteiger partial charge is 0.384 e. The van der Waals surface area contributed by atoms with Crippen molar-refractivity contribution in [1.82, 2.24) is 9.88 Å². The van der Waals surface area contributed by atoms with Crippen LogP contribution in [0.3, 0.4) is 0 Å². The summed E-state index contributed by atoms with van der Waals surface area (Å²) in [5, 5.41) is 0. The van der Waals surface area contributed by atoms with E-state index < -0.39 is 0 Å². The molecule has 18 heavy (non-hydrogen) atoms. The molecule has 0 aromatic carbocycles. The van der Waals surface area contributed by atoms with Crippen LogP contribution in [0.1, 0.15) is 31.7 Å². The van der Waals surface area contributed by atoms with Crippen LogP contribution < -0.4 is 5.73 Å². The van der Waals surface area contributed by atoms with Crippen molar-refractivity contribution in [1.29, 1.82) is 0 Å². The van der Waals surface area contributed by atoms with Gasteiger partial charge in [0.05, 0.1) is 0 Å². The van der Waals surface area contributed by atoms with Gasteiger partial charge < -0.3 is 5.73 Å². The van der Waals surface area contributed by atoms with Crippen LogP contribution in [-0.2, 0) is 6.54 Å². The summed E-state index contributed by atoms with van der Waals surface area (Å²) in [6, 6.07) is 2.70. The molecule has 2 N–H and O–H groups in total. The molecule has 1 aromatic heterocycles. The molecule has 2 heterocycles. The molecule has 0 bridgehead atoms. The molecule has 0 spiro atoms. The van der Waals surface area contributed by atoms with Crippen molar-refractivity contribution >= 4 is 46.6 Å². The van der Waals surface area contributed by atoms with Crippen LogP contribution in [0.4, 0.5) is 5.82 Å². The zero-order valence-corrected chi connectivity index (χ0v) is 13.7. The molecule has 1 aliphatic rings. The van der Waals surface area contributed by atoms with E-state index in [0.717, 1.165) is 17.1 Å². The number of aromatic nitrogens is 1. The number of hydrogen-bond donors (Lipinski definition) is 1. The molecular weight excluding hydrogens is 337 g/mol. The Kier molecular flexibility index (Phi) is 8.19. The number of nitrogen functional groups attached to an aromatic ring is 1. The molecule has 0 saturated carbocycles. The lowest BCUT2D eigenvalue weighted by Crippen LogP contribution is -2.28. The van der Waals surface area contributed by atoms with Gasteiger partial charge >= 0.3 is 0 Å². The molecular formula is C12H20BrCl2N3. The molecule has 1 atom stereocenters. The zero-order chi connectivity index (χ0) is 11.5. The molecule has 0 amide bonds. The highest BCUT2D eigenvalue weighted by atomic mass is 79.9. The normalized spacial score (nSPS) is 19.1. The first kappa shape index (κ1) is 18.0. The number of anilines is 1. The molecule has 0 unspecified atom stereocenters. The lowest BCUT2D eigenvalue weighted by molar-refractivity contribution is 0.239. The quantitative estimate of drug-likeness (QED) is 0.898. The Morgan fingerprint density at radius 1 is 1.50 bits per heavy atom. The third kappa shape index (κ3) is 4.26. The van der Waals surface area contributed by atoms with Crippen molar-refractivity contribution in [3.63, 3.8) is 0 Å². The molecule has 1 aliphatic heterocycles. The van der Waals surface area contributed by atoms with Gasteiger partial charge in [-0.1, -0.05) is 6.92 Å². The number of hydrogen-bond acceptors (Lipinski definition) is 3. The zero-order valence-electron chi connectivity index (χ0n) is 10.4. The van der Waals surface area contributed by atoms with Crippen molar-refractivity contribution in [2.24, 2.45) is 0 Å². The Morgan fingerprint density at radius 3 is 2.89 bits per heavy atom. The fraction of sp³-hybridized carbons (Fsp3) is 0.583. The minimum atomic E-state index is 0. The summed E-state index contributed by atoms with van der Waals surface area (Å²) in [5.41, 5.74) is 6.96.